The third-order valence-electron chi connectivity index (χ3n) is 3.09. The highest BCUT2D eigenvalue weighted by Gasteiger charge is 2.15. The summed E-state index contributed by atoms with van der Waals surface area (Å²) in [6, 6.07) is 7.77. The second-order valence-corrected chi connectivity index (χ2v) is 4.32. The average Bonchev–Trinajstić information content (AvgIpc) is 2.47. The van der Waals surface area contributed by atoms with Crippen molar-refractivity contribution in [2.24, 2.45) is 5.16 Å². The molecular formula is C14H18N2O3. The Balaban J connectivity index is 2.19. The highest BCUT2D eigenvalue weighted by Crippen LogP contribution is 2.13. The fourth-order valence-electron chi connectivity index (χ4n) is 2.14. The molecule has 1 aliphatic heterocycles. The van der Waals surface area contributed by atoms with Crippen LogP contribution in [0.4, 0.5) is 0 Å². The van der Waals surface area contributed by atoms with E-state index in [1.54, 1.807) is 0 Å². The van der Waals surface area contributed by atoms with E-state index in [1.165, 1.54) is 7.11 Å². The summed E-state index contributed by atoms with van der Waals surface area (Å²) in [5.74, 6) is 0. The summed E-state index contributed by atoms with van der Waals surface area (Å²) in [5.41, 5.74) is 2.23. The Labute approximate surface area is 112 Å². The lowest BCUT2D eigenvalue weighted by molar-refractivity contribution is -0.102. The zero-order valence-electron chi connectivity index (χ0n) is 11.0. The number of hydrogen-bond acceptors (Lipinski definition) is 5. The van der Waals surface area contributed by atoms with Gasteiger partial charge in [0.15, 0.2) is 6.29 Å². The summed E-state index contributed by atoms with van der Waals surface area (Å²) < 4.78 is 5.33. The predicted octanol–water partition coefficient (Wildman–Crippen LogP) is 1.07. The zero-order valence-corrected chi connectivity index (χ0v) is 11.0. The van der Waals surface area contributed by atoms with Crippen LogP contribution in [0.3, 0.4) is 0 Å². The standard InChI is InChI=1S/C14H18N2O3/c1-18-15-14(11-17)13-5-3-2-4-12(13)10-16-6-8-19-9-7-16/h2-5,11H,6-10H2,1H3/b15-14-. The van der Waals surface area contributed by atoms with Crippen molar-refractivity contribution >= 4 is 12.0 Å². The maximum Gasteiger partial charge on any atom is 0.172 e. The van der Waals surface area contributed by atoms with Gasteiger partial charge in [0.2, 0.25) is 0 Å². The van der Waals surface area contributed by atoms with Gasteiger partial charge in [0.1, 0.15) is 12.8 Å². The Bertz CT molecular complexity index is 454. The maximum absolute atomic E-state index is 11.1. The molecule has 2 rings (SSSR count). The molecule has 1 heterocycles. The van der Waals surface area contributed by atoms with E-state index in [0.29, 0.717) is 5.71 Å². The minimum Gasteiger partial charge on any atom is -0.399 e. The van der Waals surface area contributed by atoms with Gasteiger partial charge in [-0.1, -0.05) is 29.4 Å². The molecule has 0 amide bonds. The van der Waals surface area contributed by atoms with Gasteiger partial charge in [-0.05, 0) is 5.56 Å². The molecule has 1 fully saturated rings. The van der Waals surface area contributed by atoms with E-state index < -0.39 is 0 Å². The minimum atomic E-state index is 0.325. The van der Waals surface area contributed by atoms with Crippen LogP contribution in [0.2, 0.25) is 0 Å². The van der Waals surface area contributed by atoms with Crippen LogP contribution < -0.4 is 0 Å². The van der Waals surface area contributed by atoms with Crippen molar-refractivity contribution in [2.75, 3.05) is 33.4 Å². The predicted molar refractivity (Wildman–Crippen MR) is 72.1 cm³/mol. The number of morpholine rings is 1. The van der Waals surface area contributed by atoms with Gasteiger partial charge in [0, 0.05) is 25.2 Å². The average molecular weight is 262 g/mol. The molecule has 0 atom stereocenters. The van der Waals surface area contributed by atoms with Crippen LogP contribution in [0.25, 0.3) is 0 Å². The van der Waals surface area contributed by atoms with E-state index in [0.717, 1.165) is 50.3 Å². The Morgan fingerprint density at radius 3 is 2.84 bits per heavy atom. The molecule has 5 heteroatoms. The normalized spacial score (nSPS) is 17.2. The molecule has 0 N–H and O–H groups in total. The quantitative estimate of drug-likeness (QED) is 0.452. The number of carbonyl (C=O) groups is 1. The molecule has 102 valence electrons. The van der Waals surface area contributed by atoms with Gasteiger partial charge < -0.3 is 9.57 Å². The Hall–Kier alpha value is -1.72. The van der Waals surface area contributed by atoms with E-state index in [1.807, 2.05) is 24.3 Å². The molecule has 0 saturated carbocycles. The first-order valence-electron chi connectivity index (χ1n) is 6.30. The topological polar surface area (TPSA) is 51.1 Å². The molecule has 0 radical (unpaired) electrons. The van der Waals surface area contributed by atoms with Gasteiger partial charge in [0.25, 0.3) is 0 Å². The van der Waals surface area contributed by atoms with Crippen LogP contribution in [0.5, 0.6) is 0 Å². The van der Waals surface area contributed by atoms with Crippen molar-refractivity contribution in [1.29, 1.82) is 0 Å². The Morgan fingerprint density at radius 1 is 1.42 bits per heavy atom. The van der Waals surface area contributed by atoms with Crippen molar-refractivity contribution in [3.8, 4) is 0 Å². The maximum atomic E-state index is 11.1. The lowest BCUT2D eigenvalue weighted by Crippen LogP contribution is -2.36. The molecule has 0 aliphatic carbocycles. The molecule has 0 bridgehead atoms. The number of nitrogens with zero attached hydrogens (tertiary/aromatic N) is 2. The van der Waals surface area contributed by atoms with Gasteiger partial charge in [-0.2, -0.15) is 0 Å². The Kier molecular flexibility index (Phi) is 5.06. The molecule has 5 nitrogen and oxygen atoms in total. The molecule has 1 saturated heterocycles. The van der Waals surface area contributed by atoms with Crippen molar-refractivity contribution in [3.63, 3.8) is 0 Å². The number of rotatable bonds is 5. The molecule has 1 aromatic rings. The summed E-state index contributed by atoms with van der Waals surface area (Å²) in [5, 5.41) is 3.77. The number of ether oxygens (including phenoxy) is 1. The van der Waals surface area contributed by atoms with E-state index >= 15 is 0 Å². The summed E-state index contributed by atoms with van der Waals surface area (Å²) in [4.78, 5) is 18.1. The number of benzene rings is 1. The van der Waals surface area contributed by atoms with E-state index in [-0.39, 0.29) is 0 Å². The molecular weight excluding hydrogens is 244 g/mol. The molecule has 19 heavy (non-hydrogen) atoms. The SMILES string of the molecule is CO/N=C(/C=O)c1ccccc1CN1CCOCC1. The number of hydrogen-bond donors (Lipinski definition) is 0. The monoisotopic (exact) mass is 262 g/mol. The third-order valence-corrected chi connectivity index (χ3v) is 3.09. The molecule has 1 aliphatic rings. The van der Waals surface area contributed by atoms with Gasteiger partial charge in [-0.15, -0.1) is 0 Å². The van der Waals surface area contributed by atoms with Crippen molar-refractivity contribution in [1.82, 2.24) is 4.90 Å². The van der Waals surface area contributed by atoms with Crippen LogP contribution in [0, 0.1) is 0 Å². The van der Waals surface area contributed by atoms with Crippen LogP contribution in [-0.4, -0.2) is 50.3 Å². The first kappa shape index (κ1) is 13.7. The van der Waals surface area contributed by atoms with Crippen molar-refractivity contribution in [3.05, 3.63) is 35.4 Å². The van der Waals surface area contributed by atoms with Gasteiger partial charge in [0.05, 0.1) is 13.2 Å². The fourth-order valence-corrected chi connectivity index (χ4v) is 2.14. The Morgan fingerprint density at radius 2 is 2.16 bits per heavy atom. The number of aldehydes is 1. The highest BCUT2D eigenvalue weighted by molar-refractivity contribution is 6.36. The van der Waals surface area contributed by atoms with Gasteiger partial charge in [-0.3, -0.25) is 9.69 Å². The summed E-state index contributed by atoms with van der Waals surface area (Å²) in [6.07, 6.45) is 0.724. The van der Waals surface area contributed by atoms with E-state index in [9.17, 15) is 4.79 Å². The van der Waals surface area contributed by atoms with Gasteiger partial charge in [-0.25, -0.2) is 0 Å². The number of oxime groups is 1. The molecule has 0 spiro atoms. The lowest BCUT2D eigenvalue weighted by Gasteiger charge is -2.27. The van der Waals surface area contributed by atoms with Crippen molar-refractivity contribution < 1.29 is 14.4 Å². The minimum absolute atomic E-state index is 0.325. The first-order valence-corrected chi connectivity index (χ1v) is 6.30. The van der Waals surface area contributed by atoms with E-state index in [4.69, 9.17) is 9.57 Å². The largest absolute Gasteiger partial charge is 0.399 e. The van der Waals surface area contributed by atoms with Crippen LogP contribution in [-0.2, 0) is 20.9 Å². The zero-order chi connectivity index (χ0) is 13.5. The smallest absolute Gasteiger partial charge is 0.172 e. The molecule has 0 aromatic heterocycles. The molecule has 0 unspecified atom stereocenters. The number of carbonyl (C=O) groups excluding carboxylic acids is 1. The van der Waals surface area contributed by atoms with Crippen molar-refractivity contribution in [2.45, 2.75) is 6.54 Å². The second-order valence-electron chi connectivity index (χ2n) is 4.32. The van der Waals surface area contributed by atoms with Crippen LogP contribution in [0.15, 0.2) is 29.4 Å². The van der Waals surface area contributed by atoms with E-state index in [2.05, 4.69) is 10.1 Å². The van der Waals surface area contributed by atoms with Gasteiger partial charge >= 0.3 is 0 Å². The highest BCUT2D eigenvalue weighted by atomic mass is 16.6. The summed E-state index contributed by atoms with van der Waals surface area (Å²) in [6.45, 7) is 4.12. The van der Waals surface area contributed by atoms with Crippen LogP contribution in [0.1, 0.15) is 11.1 Å². The second kappa shape index (κ2) is 7.01. The van der Waals surface area contributed by atoms with Crippen LogP contribution >= 0.6 is 0 Å². The third kappa shape index (κ3) is 3.62. The summed E-state index contributed by atoms with van der Waals surface area (Å²) in [7, 11) is 1.44. The summed E-state index contributed by atoms with van der Waals surface area (Å²) >= 11 is 0. The fraction of sp³-hybridized carbons (Fsp3) is 0.429. The first-order chi connectivity index (χ1) is 9.35. The molecule has 1 aromatic carbocycles. The lowest BCUT2D eigenvalue weighted by atomic mass is 10.0.